The van der Waals surface area contributed by atoms with Gasteiger partial charge in [0.25, 0.3) is 0 Å². The zero-order chi connectivity index (χ0) is 13.7. The monoisotopic (exact) mass is 277 g/mol. The molecule has 20 heavy (non-hydrogen) atoms. The molecule has 0 amide bonds. The fourth-order valence-electron chi connectivity index (χ4n) is 2.78. The molecule has 3 N–H and O–H groups in total. The normalized spacial score (nSPS) is 28.0. The van der Waals surface area contributed by atoms with Gasteiger partial charge in [0.1, 0.15) is 23.8 Å². The van der Waals surface area contributed by atoms with Crippen LogP contribution in [0.3, 0.4) is 0 Å². The Bertz CT molecular complexity index is 637. The van der Waals surface area contributed by atoms with E-state index in [1.165, 1.54) is 0 Å². The molecule has 0 bridgehead atoms. The molecular formula is C12H15N5O3. The summed E-state index contributed by atoms with van der Waals surface area (Å²) in [5.41, 5.74) is 0.770. The molecule has 0 radical (unpaired) electrons. The van der Waals surface area contributed by atoms with E-state index in [4.69, 9.17) is 9.84 Å². The first-order valence-electron chi connectivity index (χ1n) is 6.54. The van der Waals surface area contributed by atoms with E-state index in [-0.39, 0.29) is 12.8 Å². The van der Waals surface area contributed by atoms with Crippen LogP contribution in [0, 0.1) is 0 Å². The summed E-state index contributed by atoms with van der Waals surface area (Å²) in [5, 5.41) is 22.3. The standard InChI is InChI=1S/C12H15N5O3/c18-4-8-7(19)3-9(20-8)17-6-14-10-11-13-1-2-16(11)5-15-12(10)17/h1-2,6-9,15,18-19H,3-5H2. The largest absolute Gasteiger partial charge is 0.394 e. The number of fused-ring (bicyclic) bond motifs is 3. The molecule has 2 aromatic heterocycles. The highest BCUT2D eigenvalue weighted by Crippen LogP contribution is 2.36. The maximum atomic E-state index is 9.83. The molecule has 8 nitrogen and oxygen atoms in total. The second kappa shape index (κ2) is 4.30. The van der Waals surface area contributed by atoms with Crippen LogP contribution in [0.5, 0.6) is 0 Å². The molecule has 2 aromatic rings. The number of aromatic nitrogens is 4. The summed E-state index contributed by atoms with van der Waals surface area (Å²) in [5.74, 6) is 1.65. The maximum absolute atomic E-state index is 9.83. The van der Waals surface area contributed by atoms with Gasteiger partial charge < -0.3 is 24.8 Å². The highest BCUT2D eigenvalue weighted by Gasteiger charge is 2.36. The Kier molecular flexibility index (Phi) is 2.56. The molecule has 1 fully saturated rings. The summed E-state index contributed by atoms with van der Waals surface area (Å²) >= 11 is 0. The zero-order valence-corrected chi connectivity index (χ0v) is 10.7. The number of hydrogen-bond acceptors (Lipinski definition) is 6. The highest BCUT2D eigenvalue weighted by atomic mass is 16.5. The second-order valence-corrected chi connectivity index (χ2v) is 5.02. The third-order valence-corrected chi connectivity index (χ3v) is 3.83. The Labute approximate surface area is 114 Å². The van der Waals surface area contributed by atoms with Crippen molar-refractivity contribution in [3.05, 3.63) is 18.7 Å². The Balaban J connectivity index is 1.70. The number of ether oxygens (including phenoxy) is 1. The van der Waals surface area contributed by atoms with Crippen LogP contribution in [0.2, 0.25) is 0 Å². The molecule has 0 aliphatic carbocycles. The van der Waals surface area contributed by atoms with Crippen molar-refractivity contribution < 1.29 is 14.9 Å². The predicted octanol–water partition coefficient (Wildman–Crippen LogP) is -0.230. The molecular weight excluding hydrogens is 262 g/mol. The lowest BCUT2D eigenvalue weighted by molar-refractivity contribution is -0.0437. The number of aliphatic hydroxyl groups is 2. The van der Waals surface area contributed by atoms with Crippen molar-refractivity contribution >= 4 is 5.82 Å². The van der Waals surface area contributed by atoms with Crippen molar-refractivity contribution in [1.29, 1.82) is 0 Å². The lowest BCUT2D eigenvalue weighted by atomic mass is 10.2. The lowest BCUT2D eigenvalue weighted by Crippen LogP contribution is -2.24. The zero-order valence-electron chi connectivity index (χ0n) is 10.7. The fraction of sp³-hybridized carbons (Fsp3) is 0.500. The summed E-state index contributed by atoms with van der Waals surface area (Å²) in [6.07, 6.45) is 4.22. The van der Waals surface area contributed by atoms with Crippen LogP contribution in [-0.4, -0.2) is 48.1 Å². The third kappa shape index (κ3) is 1.59. The number of aliphatic hydroxyl groups excluding tert-OH is 2. The molecule has 3 unspecified atom stereocenters. The molecule has 2 aliphatic rings. The summed E-state index contributed by atoms with van der Waals surface area (Å²) in [6, 6.07) is 0. The summed E-state index contributed by atoms with van der Waals surface area (Å²) in [7, 11) is 0. The van der Waals surface area contributed by atoms with Gasteiger partial charge in [0.15, 0.2) is 5.82 Å². The van der Waals surface area contributed by atoms with Crippen LogP contribution in [0.25, 0.3) is 11.5 Å². The molecule has 106 valence electrons. The van der Waals surface area contributed by atoms with Crippen molar-refractivity contribution in [2.24, 2.45) is 0 Å². The van der Waals surface area contributed by atoms with E-state index >= 15 is 0 Å². The summed E-state index contributed by atoms with van der Waals surface area (Å²) in [6.45, 7) is 0.430. The average molecular weight is 277 g/mol. The minimum absolute atomic E-state index is 0.188. The van der Waals surface area contributed by atoms with Gasteiger partial charge in [-0.25, -0.2) is 9.97 Å². The SMILES string of the molecule is OCC1OC(n2cnc3c2NCn2ccnc2-3)CC1O. The van der Waals surface area contributed by atoms with Gasteiger partial charge in [0.05, 0.1) is 25.7 Å². The van der Waals surface area contributed by atoms with Gasteiger partial charge in [0, 0.05) is 18.8 Å². The second-order valence-electron chi connectivity index (χ2n) is 5.02. The number of nitrogens with one attached hydrogen (secondary N) is 1. The molecule has 0 spiro atoms. The Morgan fingerprint density at radius 1 is 1.45 bits per heavy atom. The van der Waals surface area contributed by atoms with Gasteiger partial charge in [-0.2, -0.15) is 0 Å². The number of anilines is 1. The van der Waals surface area contributed by atoms with Crippen LogP contribution in [-0.2, 0) is 11.4 Å². The molecule has 1 saturated heterocycles. The van der Waals surface area contributed by atoms with E-state index in [1.54, 1.807) is 12.5 Å². The Morgan fingerprint density at radius 2 is 2.35 bits per heavy atom. The van der Waals surface area contributed by atoms with Gasteiger partial charge in [-0.1, -0.05) is 0 Å². The van der Waals surface area contributed by atoms with Crippen molar-refractivity contribution in [1.82, 2.24) is 19.1 Å². The highest BCUT2D eigenvalue weighted by molar-refractivity contribution is 5.69. The topological polar surface area (TPSA) is 97.4 Å². The summed E-state index contributed by atoms with van der Waals surface area (Å²) < 4.78 is 9.48. The van der Waals surface area contributed by atoms with Crippen LogP contribution >= 0.6 is 0 Å². The number of nitrogens with zero attached hydrogens (tertiary/aromatic N) is 4. The molecule has 8 heteroatoms. The molecule has 4 rings (SSSR count). The molecule has 0 aromatic carbocycles. The van der Waals surface area contributed by atoms with Crippen molar-refractivity contribution in [3.8, 4) is 11.5 Å². The minimum Gasteiger partial charge on any atom is -0.394 e. The molecule has 0 saturated carbocycles. The maximum Gasteiger partial charge on any atom is 0.163 e. The average Bonchev–Trinajstić information content (AvgIpc) is 3.13. The Morgan fingerprint density at radius 3 is 3.15 bits per heavy atom. The first-order valence-corrected chi connectivity index (χ1v) is 6.54. The molecule has 3 atom stereocenters. The predicted molar refractivity (Wildman–Crippen MR) is 68.7 cm³/mol. The first kappa shape index (κ1) is 11.9. The van der Waals surface area contributed by atoms with E-state index < -0.39 is 12.2 Å². The van der Waals surface area contributed by atoms with E-state index in [2.05, 4.69) is 15.3 Å². The van der Waals surface area contributed by atoms with Crippen LogP contribution < -0.4 is 5.32 Å². The number of rotatable bonds is 2. The van der Waals surface area contributed by atoms with Gasteiger partial charge in [-0.15, -0.1) is 0 Å². The molecule has 4 heterocycles. The van der Waals surface area contributed by atoms with Crippen molar-refractivity contribution in [2.45, 2.75) is 31.5 Å². The van der Waals surface area contributed by atoms with Crippen LogP contribution in [0.1, 0.15) is 12.6 Å². The minimum atomic E-state index is -0.659. The Hall–Kier alpha value is -1.90. The van der Waals surface area contributed by atoms with Crippen molar-refractivity contribution in [3.63, 3.8) is 0 Å². The van der Waals surface area contributed by atoms with E-state index in [0.717, 1.165) is 17.3 Å². The van der Waals surface area contributed by atoms with Gasteiger partial charge in [-0.3, -0.25) is 4.57 Å². The van der Waals surface area contributed by atoms with Crippen LogP contribution in [0.4, 0.5) is 5.82 Å². The number of hydrogen-bond donors (Lipinski definition) is 3. The quantitative estimate of drug-likeness (QED) is 0.701. The van der Waals surface area contributed by atoms with Gasteiger partial charge in [0.2, 0.25) is 0 Å². The van der Waals surface area contributed by atoms with Crippen molar-refractivity contribution in [2.75, 3.05) is 11.9 Å². The first-order chi connectivity index (χ1) is 9.78. The third-order valence-electron chi connectivity index (χ3n) is 3.83. The lowest BCUT2D eigenvalue weighted by Gasteiger charge is -2.21. The van der Waals surface area contributed by atoms with Gasteiger partial charge >= 0.3 is 0 Å². The van der Waals surface area contributed by atoms with E-state index in [0.29, 0.717) is 13.1 Å². The van der Waals surface area contributed by atoms with Crippen LogP contribution in [0.15, 0.2) is 18.7 Å². The van der Waals surface area contributed by atoms with E-state index in [9.17, 15) is 5.11 Å². The fourth-order valence-corrected chi connectivity index (χ4v) is 2.78. The summed E-state index contributed by atoms with van der Waals surface area (Å²) in [4.78, 5) is 8.68. The van der Waals surface area contributed by atoms with E-state index in [1.807, 2.05) is 15.3 Å². The van der Waals surface area contributed by atoms with Gasteiger partial charge in [-0.05, 0) is 0 Å². The molecule has 2 aliphatic heterocycles. The number of imidazole rings is 2. The smallest absolute Gasteiger partial charge is 0.163 e.